The van der Waals surface area contributed by atoms with Crippen LogP contribution in [0.2, 0.25) is 0 Å². The van der Waals surface area contributed by atoms with Crippen molar-refractivity contribution in [3.8, 4) is 0 Å². The Hall–Kier alpha value is -3.17. The highest BCUT2D eigenvalue weighted by atomic mass is 32.2. The number of benzene rings is 3. The third kappa shape index (κ3) is 3.91. The summed E-state index contributed by atoms with van der Waals surface area (Å²) in [5.74, 6) is 0. The van der Waals surface area contributed by atoms with E-state index in [2.05, 4.69) is 0 Å². The Morgan fingerprint density at radius 3 is 1.52 bits per heavy atom. The summed E-state index contributed by atoms with van der Waals surface area (Å²) in [4.78, 5) is 13.4. The number of rotatable bonds is 5. The Morgan fingerprint density at radius 1 is 0.636 bits per heavy atom. The van der Waals surface area contributed by atoms with Gasteiger partial charge < -0.3 is 0 Å². The highest BCUT2D eigenvalue weighted by molar-refractivity contribution is 7.91. The number of urea groups is 1. The van der Waals surface area contributed by atoms with Crippen LogP contribution in [0.4, 0.5) is 4.79 Å². The number of carbonyl (C=O) groups excluding carboxylic acids is 1. The van der Waals surface area contributed by atoms with Gasteiger partial charge in [-0.05, 0) is 50.6 Å². The monoisotopic (exact) mass is 484 g/mol. The first-order chi connectivity index (χ1) is 15.5. The van der Waals surface area contributed by atoms with Crippen LogP contribution in [0.25, 0.3) is 0 Å². The van der Waals surface area contributed by atoms with Crippen LogP contribution in [0.5, 0.6) is 0 Å². The first kappa shape index (κ1) is 23.0. The average molecular weight is 485 g/mol. The van der Waals surface area contributed by atoms with Gasteiger partial charge in [0, 0.05) is 0 Å². The van der Waals surface area contributed by atoms with Gasteiger partial charge in [0.25, 0.3) is 20.0 Å². The lowest BCUT2D eigenvalue weighted by Gasteiger charge is -2.25. The fourth-order valence-corrected chi connectivity index (χ4v) is 7.20. The van der Waals surface area contributed by atoms with Crippen LogP contribution >= 0.6 is 0 Å². The standard InChI is InChI=1S/C24H24N2O5S2/c1-17-9-13-21(14-10-17)32(28,29)25-19(3)23(20-7-5-4-6-8-20)26(24(25)27)33(30,31)22-15-11-18(2)12-16-22/h4-16,19,23H,1-3H3/t19-,23+/m1/s1. The molecule has 33 heavy (non-hydrogen) atoms. The van der Waals surface area contributed by atoms with E-state index in [9.17, 15) is 21.6 Å². The van der Waals surface area contributed by atoms with E-state index in [4.69, 9.17) is 0 Å². The van der Waals surface area contributed by atoms with Gasteiger partial charge in [-0.25, -0.2) is 30.2 Å². The smallest absolute Gasteiger partial charge is 0.246 e. The second-order valence-corrected chi connectivity index (χ2v) is 11.7. The predicted molar refractivity (Wildman–Crippen MR) is 124 cm³/mol. The van der Waals surface area contributed by atoms with Crippen LogP contribution in [0.15, 0.2) is 88.7 Å². The Morgan fingerprint density at radius 2 is 1.06 bits per heavy atom. The molecule has 0 saturated carbocycles. The molecule has 7 nitrogen and oxygen atoms in total. The van der Waals surface area contributed by atoms with Gasteiger partial charge in [-0.15, -0.1) is 0 Å². The largest absolute Gasteiger partial charge is 0.348 e. The maximum absolute atomic E-state index is 13.6. The van der Waals surface area contributed by atoms with Crippen molar-refractivity contribution in [2.24, 2.45) is 0 Å². The molecule has 2 atom stereocenters. The molecule has 4 rings (SSSR count). The Bertz CT molecular complexity index is 1390. The van der Waals surface area contributed by atoms with E-state index in [1.165, 1.54) is 24.3 Å². The maximum atomic E-state index is 13.6. The summed E-state index contributed by atoms with van der Waals surface area (Å²) < 4.78 is 55.6. The summed E-state index contributed by atoms with van der Waals surface area (Å²) in [6.07, 6.45) is 0. The van der Waals surface area contributed by atoms with Gasteiger partial charge in [-0.2, -0.15) is 0 Å². The molecule has 3 aromatic carbocycles. The third-order valence-corrected chi connectivity index (χ3v) is 9.40. The van der Waals surface area contributed by atoms with Crippen molar-refractivity contribution >= 4 is 26.1 Å². The molecule has 3 aromatic rings. The molecule has 1 saturated heterocycles. The minimum atomic E-state index is -4.34. The quantitative estimate of drug-likeness (QED) is 0.540. The van der Waals surface area contributed by atoms with Gasteiger partial charge in [-0.1, -0.05) is 65.7 Å². The van der Waals surface area contributed by atoms with Gasteiger partial charge >= 0.3 is 6.03 Å². The van der Waals surface area contributed by atoms with Crippen LogP contribution in [0, 0.1) is 13.8 Å². The molecule has 1 aliphatic rings. The van der Waals surface area contributed by atoms with Crippen molar-refractivity contribution in [2.45, 2.75) is 42.6 Å². The summed E-state index contributed by atoms with van der Waals surface area (Å²) in [7, 11) is -8.64. The van der Waals surface area contributed by atoms with Crippen LogP contribution in [-0.4, -0.2) is 37.5 Å². The van der Waals surface area contributed by atoms with E-state index in [0.29, 0.717) is 14.2 Å². The van der Waals surface area contributed by atoms with E-state index in [0.717, 1.165) is 11.1 Å². The molecular formula is C24H24N2O5S2. The molecule has 0 aliphatic carbocycles. The van der Waals surface area contributed by atoms with E-state index in [1.807, 2.05) is 13.8 Å². The van der Waals surface area contributed by atoms with Crippen molar-refractivity contribution in [1.29, 1.82) is 0 Å². The zero-order chi connectivity index (χ0) is 24.0. The van der Waals surface area contributed by atoms with Crippen molar-refractivity contribution in [2.75, 3.05) is 0 Å². The van der Waals surface area contributed by atoms with Crippen molar-refractivity contribution in [3.63, 3.8) is 0 Å². The summed E-state index contributed by atoms with van der Waals surface area (Å²) in [5, 5.41) is 0. The van der Waals surface area contributed by atoms with Gasteiger partial charge in [0.15, 0.2) is 0 Å². The molecule has 1 aliphatic heterocycles. The molecule has 0 N–H and O–H groups in total. The lowest BCUT2D eigenvalue weighted by Crippen LogP contribution is -2.40. The molecule has 1 fully saturated rings. The minimum absolute atomic E-state index is 0.0744. The van der Waals surface area contributed by atoms with Crippen LogP contribution < -0.4 is 0 Å². The number of amides is 2. The average Bonchev–Trinajstić information content (AvgIpc) is 3.06. The Labute approximate surface area is 194 Å². The van der Waals surface area contributed by atoms with Gasteiger partial charge in [0.1, 0.15) is 0 Å². The van der Waals surface area contributed by atoms with Crippen molar-refractivity contribution in [3.05, 3.63) is 95.6 Å². The van der Waals surface area contributed by atoms with Crippen LogP contribution in [0.3, 0.4) is 0 Å². The lowest BCUT2D eigenvalue weighted by atomic mass is 10.0. The van der Waals surface area contributed by atoms with E-state index < -0.39 is 38.2 Å². The molecule has 2 amide bonds. The first-order valence-electron chi connectivity index (χ1n) is 10.4. The highest BCUT2D eigenvalue weighted by Gasteiger charge is 2.54. The SMILES string of the molecule is Cc1ccc(S(=O)(=O)N2C(=O)N(S(=O)(=O)c3ccc(C)cc3)[C@H](c3ccccc3)[C@H]2C)cc1. The van der Waals surface area contributed by atoms with E-state index in [1.54, 1.807) is 61.5 Å². The zero-order valence-corrected chi connectivity index (χ0v) is 20.0. The fourth-order valence-electron chi connectivity index (χ4n) is 4.00. The molecule has 0 radical (unpaired) electrons. The molecular weight excluding hydrogens is 460 g/mol. The van der Waals surface area contributed by atoms with E-state index in [-0.39, 0.29) is 9.79 Å². The Balaban J connectivity index is 1.88. The summed E-state index contributed by atoms with van der Waals surface area (Å²) >= 11 is 0. The minimum Gasteiger partial charge on any atom is -0.246 e. The molecule has 9 heteroatoms. The molecule has 0 unspecified atom stereocenters. The van der Waals surface area contributed by atoms with E-state index >= 15 is 0 Å². The second-order valence-electron chi connectivity index (χ2n) is 8.11. The Kier molecular flexibility index (Phi) is 5.79. The topological polar surface area (TPSA) is 91.8 Å². The number of nitrogens with zero attached hydrogens (tertiary/aromatic N) is 2. The number of hydrogen-bond acceptors (Lipinski definition) is 5. The predicted octanol–water partition coefficient (Wildman–Crippen LogP) is 4.25. The lowest BCUT2D eigenvalue weighted by molar-refractivity contribution is 0.220. The van der Waals surface area contributed by atoms with Crippen molar-refractivity contribution < 1.29 is 21.6 Å². The third-order valence-electron chi connectivity index (χ3n) is 5.75. The number of carbonyl (C=O) groups is 1. The molecule has 172 valence electrons. The van der Waals surface area contributed by atoms with Crippen LogP contribution in [-0.2, 0) is 20.0 Å². The van der Waals surface area contributed by atoms with Gasteiger partial charge in [0.05, 0.1) is 21.9 Å². The maximum Gasteiger partial charge on any atom is 0.348 e. The summed E-state index contributed by atoms with van der Waals surface area (Å²) in [6.45, 7) is 5.19. The van der Waals surface area contributed by atoms with Gasteiger partial charge in [0.2, 0.25) is 0 Å². The summed E-state index contributed by atoms with van der Waals surface area (Å²) in [5.41, 5.74) is 2.24. The zero-order valence-electron chi connectivity index (χ0n) is 18.4. The highest BCUT2D eigenvalue weighted by Crippen LogP contribution is 2.42. The molecule has 0 aromatic heterocycles. The second kappa shape index (κ2) is 8.31. The normalized spacial score (nSPS) is 19.2. The number of sulfonamides is 2. The number of aryl methyl sites for hydroxylation is 2. The van der Waals surface area contributed by atoms with Crippen LogP contribution in [0.1, 0.15) is 29.7 Å². The fraction of sp³-hybridized carbons (Fsp3) is 0.208. The summed E-state index contributed by atoms with van der Waals surface area (Å²) in [6, 6.07) is 17.7. The molecule has 1 heterocycles. The molecule has 0 bridgehead atoms. The van der Waals surface area contributed by atoms with Gasteiger partial charge in [-0.3, -0.25) is 0 Å². The van der Waals surface area contributed by atoms with Crippen molar-refractivity contribution in [1.82, 2.24) is 8.61 Å². The number of hydrogen-bond donors (Lipinski definition) is 0. The first-order valence-corrected chi connectivity index (χ1v) is 13.2. The molecule has 0 spiro atoms.